The summed E-state index contributed by atoms with van der Waals surface area (Å²) < 4.78 is 0. The number of carbonyl (C=O) groups is 2. The fraction of sp³-hybridized carbons (Fsp3) is 0.619. The number of carboxylic acids is 1. The predicted molar refractivity (Wildman–Crippen MR) is 112 cm³/mol. The molecular weight excluding hydrogens is 362 g/mol. The molecule has 6 heteroatoms. The van der Waals surface area contributed by atoms with Crippen LogP contribution >= 0.6 is 11.3 Å². The summed E-state index contributed by atoms with van der Waals surface area (Å²) in [6.45, 7) is 11.8. The number of amides is 1. The molecule has 3 N–H and O–H groups in total. The number of rotatable bonds is 3. The van der Waals surface area contributed by atoms with Crippen molar-refractivity contribution in [1.82, 2.24) is 0 Å². The molecule has 0 saturated heterocycles. The Morgan fingerprint density at radius 3 is 2.07 bits per heavy atom. The van der Waals surface area contributed by atoms with Gasteiger partial charge in [0.25, 0.3) is 0 Å². The monoisotopic (exact) mass is 395 g/mol. The summed E-state index contributed by atoms with van der Waals surface area (Å²) in [5.41, 5.74) is -0.941. The number of aromatic carboxylic acids is 1. The number of anilines is 1. The first-order chi connectivity index (χ1) is 12.6. The lowest BCUT2D eigenvalue weighted by atomic mass is 9.84. The highest BCUT2D eigenvalue weighted by molar-refractivity contribution is 7.15. The number of carboxylic acid groups (broad SMARTS) is 1. The van der Waals surface area contributed by atoms with Gasteiger partial charge in [-0.05, 0) is 31.7 Å². The van der Waals surface area contributed by atoms with Crippen LogP contribution in [0.4, 0.5) is 5.69 Å². The molecule has 27 heavy (non-hydrogen) atoms. The molecule has 0 aromatic carbocycles. The minimum absolute atomic E-state index is 0.0112. The second-order valence-corrected chi connectivity index (χ2v) is 8.15. The van der Waals surface area contributed by atoms with Gasteiger partial charge in [0.1, 0.15) is 10.5 Å². The number of aliphatic hydroxyl groups is 1. The van der Waals surface area contributed by atoms with Crippen LogP contribution in [0, 0.1) is 23.7 Å². The summed E-state index contributed by atoms with van der Waals surface area (Å²) in [7, 11) is 0. The maximum atomic E-state index is 10.9. The van der Waals surface area contributed by atoms with Crippen molar-refractivity contribution in [3.05, 3.63) is 15.8 Å². The first kappa shape index (κ1) is 25.2. The smallest absolute Gasteiger partial charge is 0.348 e. The molecule has 152 valence electrons. The highest BCUT2D eigenvalue weighted by Crippen LogP contribution is 2.27. The van der Waals surface area contributed by atoms with Crippen molar-refractivity contribution in [1.29, 1.82) is 0 Å². The van der Waals surface area contributed by atoms with Gasteiger partial charge in [-0.1, -0.05) is 65.2 Å². The van der Waals surface area contributed by atoms with Gasteiger partial charge >= 0.3 is 5.97 Å². The van der Waals surface area contributed by atoms with Crippen molar-refractivity contribution in [3.8, 4) is 11.8 Å². The van der Waals surface area contributed by atoms with E-state index in [1.807, 2.05) is 13.8 Å². The largest absolute Gasteiger partial charge is 0.477 e. The predicted octanol–water partition coefficient (Wildman–Crippen LogP) is 5.00. The lowest BCUT2D eigenvalue weighted by Gasteiger charge is -2.22. The van der Waals surface area contributed by atoms with E-state index in [4.69, 9.17) is 5.11 Å². The number of carbonyl (C=O) groups excluding carboxylic acids is 1. The zero-order valence-corrected chi connectivity index (χ0v) is 18.1. The first-order valence-electron chi connectivity index (χ1n) is 9.45. The summed E-state index contributed by atoms with van der Waals surface area (Å²) in [4.78, 5) is 21.6. The average molecular weight is 396 g/mol. The molecule has 1 aromatic rings. The Morgan fingerprint density at radius 1 is 1.22 bits per heavy atom. The number of thiophene rings is 1. The molecule has 5 nitrogen and oxygen atoms in total. The van der Waals surface area contributed by atoms with Gasteiger partial charge in [0.15, 0.2) is 0 Å². The van der Waals surface area contributed by atoms with E-state index in [0.29, 0.717) is 11.3 Å². The van der Waals surface area contributed by atoms with Crippen molar-refractivity contribution in [3.63, 3.8) is 0 Å². The van der Waals surface area contributed by atoms with E-state index in [2.05, 4.69) is 31.0 Å². The molecule has 2 rings (SSSR count). The lowest BCUT2D eigenvalue weighted by Crippen LogP contribution is -2.14. The third-order valence-electron chi connectivity index (χ3n) is 3.94. The van der Waals surface area contributed by atoms with E-state index in [1.165, 1.54) is 45.6 Å². The minimum Gasteiger partial charge on any atom is -0.477 e. The van der Waals surface area contributed by atoms with Crippen LogP contribution in [-0.4, -0.2) is 28.2 Å². The molecular formula is C21H33NO4S. The van der Waals surface area contributed by atoms with Crippen molar-refractivity contribution < 1.29 is 19.8 Å². The van der Waals surface area contributed by atoms with E-state index >= 15 is 0 Å². The van der Waals surface area contributed by atoms with Gasteiger partial charge in [0.2, 0.25) is 6.41 Å². The molecule has 1 aliphatic carbocycles. The van der Waals surface area contributed by atoms with Crippen LogP contribution in [0.1, 0.15) is 81.8 Å². The molecule has 0 unspecified atom stereocenters. The molecule has 1 fully saturated rings. The van der Waals surface area contributed by atoms with E-state index < -0.39 is 11.6 Å². The molecule has 0 bridgehead atoms. The van der Waals surface area contributed by atoms with Gasteiger partial charge < -0.3 is 15.5 Å². The Labute approximate surface area is 167 Å². The van der Waals surface area contributed by atoms with Gasteiger partial charge in [-0.2, -0.15) is 0 Å². The van der Waals surface area contributed by atoms with Crippen LogP contribution in [0.5, 0.6) is 0 Å². The van der Waals surface area contributed by atoms with Gasteiger partial charge in [-0.3, -0.25) is 4.79 Å². The molecule has 0 radical (unpaired) electrons. The van der Waals surface area contributed by atoms with Crippen LogP contribution < -0.4 is 5.32 Å². The summed E-state index contributed by atoms with van der Waals surface area (Å²) >= 11 is 0.943. The second kappa shape index (κ2) is 12.5. The Hall–Kier alpha value is -1.84. The van der Waals surface area contributed by atoms with Gasteiger partial charge in [-0.15, -0.1) is 11.3 Å². The fourth-order valence-electron chi connectivity index (χ4n) is 2.42. The average Bonchev–Trinajstić information content (AvgIpc) is 3.01. The minimum atomic E-state index is -1.15. The van der Waals surface area contributed by atoms with Crippen LogP contribution in [0.25, 0.3) is 0 Å². The molecule has 1 aromatic heterocycles. The topological polar surface area (TPSA) is 86.6 Å². The molecule has 1 heterocycles. The standard InChI is InChI=1S/C11H11NO4S.C8H16.C2H6/c1-11(2,16)4-3-7-5-8(12-6-13)9(17-7)10(14)15;1-7-3-5-8(2)6-4-7;1-2/h5-6,16H,1-2H3,(H,12,13)(H,14,15);7-8H,3-6H2,1-2H3;1-2H3. The molecule has 0 atom stereocenters. The molecule has 0 spiro atoms. The van der Waals surface area contributed by atoms with Crippen molar-refractivity contribution in [2.24, 2.45) is 11.8 Å². The zero-order valence-electron chi connectivity index (χ0n) is 17.3. The van der Waals surface area contributed by atoms with E-state index in [0.717, 1.165) is 23.2 Å². The Kier molecular flexibility index (Phi) is 11.7. The normalized spacial score (nSPS) is 18.5. The summed E-state index contributed by atoms with van der Waals surface area (Å²) in [5, 5.41) is 20.6. The van der Waals surface area contributed by atoms with Crippen LogP contribution in [0.3, 0.4) is 0 Å². The summed E-state index contributed by atoms with van der Waals surface area (Å²) in [6, 6.07) is 1.46. The van der Waals surface area contributed by atoms with Crippen LogP contribution in [0.2, 0.25) is 0 Å². The van der Waals surface area contributed by atoms with E-state index in [-0.39, 0.29) is 10.6 Å². The van der Waals surface area contributed by atoms with E-state index in [9.17, 15) is 14.7 Å². The molecule has 1 amide bonds. The van der Waals surface area contributed by atoms with Crippen molar-refractivity contribution in [2.45, 2.75) is 72.8 Å². The second-order valence-electron chi connectivity index (χ2n) is 7.09. The fourth-order valence-corrected chi connectivity index (χ4v) is 3.24. The Morgan fingerprint density at radius 2 is 1.70 bits per heavy atom. The lowest BCUT2D eigenvalue weighted by molar-refractivity contribution is -0.105. The van der Waals surface area contributed by atoms with Gasteiger partial charge in [0.05, 0.1) is 10.6 Å². The third kappa shape index (κ3) is 10.8. The van der Waals surface area contributed by atoms with Gasteiger partial charge in [0, 0.05) is 0 Å². The zero-order chi connectivity index (χ0) is 21.0. The highest BCUT2D eigenvalue weighted by atomic mass is 32.1. The SMILES string of the molecule is CC.CC(C)(O)C#Cc1cc(NC=O)c(C(=O)O)s1.CC1CCC(C)CC1. The highest BCUT2D eigenvalue weighted by Gasteiger charge is 2.15. The maximum absolute atomic E-state index is 10.9. The number of nitrogens with one attached hydrogen (secondary N) is 1. The summed E-state index contributed by atoms with van der Waals surface area (Å²) in [6.07, 6.45) is 6.30. The van der Waals surface area contributed by atoms with Crippen molar-refractivity contribution >= 4 is 29.4 Å². The summed E-state index contributed by atoms with van der Waals surface area (Å²) in [5.74, 6) is 6.13. The van der Waals surface area contributed by atoms with Crippen LogP contribution in [-0.2, 0) is 4.79 Å². The van der Waals surface area contributed by atoms with Crippen molar-refractivity contribution in [2.75, 3.05) is 5.32 Å². The van der Waals surface area contributed by atoms with Gasteiger partial charge in [-0.25, -0.2) is 4.79 Å². The third-order valence-corrected chi connectivity index (χ3v) is 4.98. The number of hydrogen-bond acceptors (Lipinski definition) is 4. The van der Waals surface area contributed by atoms with E-state index in [1.54, 1.807) is 0 Å². The maximum Gasteiger partial charge on any atom is 0.348 e. The first-order valence-corrected chi connectivity index (χ1v) is 10.3. The molecule has 1 saturated carbocycles. The molecule has 0 aliphatic heterocycles. The number of hydrogen-bond donors (Lipinski definition) is 3. The molecule has 1 aliphatic rings. The van der Waals surface area contributed by atoms with Crippen LogP contribution in [0.15, 0.2) is 6.07 Å². The Bertz CT molecular complexity index is 631. The quantitative estimate of drug-likeness (QED) is 0.497. The Balaban J connectivity index is 0.000000562.